The Balaban J connectivity index is 2.78. The summed E-state index contributed by atoms with van der Waals surface area (Å²) in [6.07, 6.45) is 0. The highest BCUT2D eigenvalue weighted by atomic mass is 16.4. The van der Waals surface area contributed by atoms with Crippen LogP contribution in [0.25, 0.3) is 22.3 Å². The number of oxazole rings is 1. The van der Waals surface area contributed by atoms with Crippen molar-refractivity contribution in [1.29, 1.82) is 0 Å². The Kier molecular flexibility index (Phi) is 2.07. The first kappa shape index (κ1) is 11.5. The van der Waals surface area contributed by atoms with Crippen molar-refractivity contribution in [2.75, 3.05) is 0 Å². The summed E-state index contributed by atoms with van der Waals surface area (Å²) in [6.45, 7) is 1.59. The van der Waals surface area contributed by atoms with E-state index in [1.807, 2.05) is 0 Å². The number of H-pyrrole nitrogens is 1. The van der Waals surface area contributed by atoms with Crippen molar-refractivity contribution in [3.8, 4) is 0 Å². The molecule has 3 aromatic heterocycles. The van der Waals surface area contributed by atoms with Crippen LogP contribution in [-0.4, -0.2) is 19.1 Å². The van der Waals surface area contributed by atoms with Gasteiger partial charge in [0.2, 0.25) is 11.1 Å². The first-order valence-corrected chi connectivity index (χ1v) is 5.51. The van der Waals surface area contributed by atoms with Crippen molar-refractivity contribution in [3.05, 3.63) is 37.0 Å². The van der Waals surface area contributed by atoms with Gasteiger partial charge in [0.05, 0.1) is 0 Å². The molecule has 0 amide bonds. The van der Waals surface area contributed by atoms with Gasteiger partial charge in [0.25, 0.3) is 5.56 Å². The molecular formula is C11H10N4O4. The molecule has 3 aromatic rings. The van der Waals surface area contributed by atoms with Gasteiger partial charge in [-0.1, -0.05) is 0 Å². The zero-order chi connectivity index (χ0) is 13.9. The maximum atomic E-state index is 12.3. The summed E-state index contributed by atoms with van der Waals surface area (Å²) in [7, 11) is 2.79. The van der Waals surface area contributed by atoms with Gasteiger partial charge in [-0.05, 0) is 0 Å². The lowest BCUT2D eigenvalue weighted by atomic mass is 10.3. The fourth-order valence-electron chi connectivity index (χ4n) is 2.09. The lowest BCUT2D eigenvalue weighted by Gasteiger charge is -2.05. The molecule has 0 aliphatic heterocycles. The van der Waals surface area contributed by atoms with Gasteiger partial charge in [-0.15, -0.1) is 0 Å². The van der Waals surface area contributed by atoms with Crippen LogP contribution in [0.4, 0.5) is 0 Å². The minimum atomic E-state index is -0.651. The number of fused-ring (bicyclic) bond motifs is 2. The Hall–Kier alpha value is -2.64. The molecule has 0 fully saturated rings. The van der Waals surface area contributed by atoms with Crippen LogP contribution in [0.2, 0.25) is 0 Å². The van der Waals surface area contributed by atoms with E-state index in [-0.39, 0.29) is 22.3 Å². The molecule has 0 aromatic carbocycles. The third-order valence-electron chi connectivity index (χ3n) is 3.07. The molecular weight excluding hydrogens is 252 g/mol. The second-order valence-corrected chi connectivity index (χ2v) is 4.29. The molecule has 0 atom stereocenters. The molecule has 0 aliphatic carbocycles. The van der Waals surface area contributed by atoms with Crippen LogP contribution in [0.5, 0.6) is 0 Å². The van der Waals surface area contributed by atoms with E-state index in [2.05, 4.69) is 9.97 Å². The number of aromatic amines is 1. The molecule has 0 aliphatic rings. The summed E-state index contributed by atoms with van der Waals surface area (Å²) in [5, 5.41) is -0.106. The number of hydrogen-bond donors (Lipinski definition) is 1. The molecule has 0 saturated heterocycles. The van der Waals surface area contributed by atoms with E-state index in [1.54, 1.807) is 6.92 Å². The van der Waals surface area contributed by atoms with Crippen LogP contribution in [0, 0.1) is 6.92 Å². The molecule has 8 nitrogen and oxygen atoms in total. The molecule has 0 unspecified atom stereocenters. The predicted octanol–water partition coefficient (Wildman–Crippen LogP) is -0.625. The highest BCUT2D eigenvalue weighted by molar-refractivity contribution is 5.85. The summed E-state index contributed by atoms with van der Waals surface area (Å²) in [5.41, 5.74) is -1.39. The van der Waals surface area contributed by atoms with Gasteiger partial charge in [-0.3, -0.25) is 18.7 Å². The lowest BCUT2D eigenvalue weighted by molar-refractivity contribution is 0.551. The van der Waals surface area contributed by atoms with Crippen LogP contribution in [0.3, 0.4) is 0 Å². The molecule has 19 heavy (non-hydrogen) atoms. The third-order valence-corrected chi connectivity index (χ3v) is 3.07. The molecule has 0 radical (unpaired) electrons. The first-order valence-electron chi connectivity index (χ1n) is 5.51. The van der Waals surface area contributed by atoms with E-state index in [9.17, 15) is 14.4 Å². The van der Waals surface area contributed by atoms with Gasteiger partial charge in [0, 0.05) is 21.0 Å². The maximum absolute atomic E-state index is 12.3. The first-order chi connectivity index (χ1) is 8.91. The summed E-state index contributed by atoms with van der Waals surface area (Å²) in [6, 6.07) is 0. The average molecular weight is 262 g/mol. The van der Waals surface area contributed by atoms with E-state index in [0.717, 1.165) is 4.57 Å². The van der Waals surface area contributed by atoms with Gasteiger partial charge in [0.15, 0.2) is 11.4 Å². The maximum Gasteiger partial charge on any atom is 0.332 e. The van der Waals surface area contributed by atoms with Crippen LogP contribution >= 0.6 is 0 Å². The Morgan fingerprint density at radius 2 is 1.84 bits per heavy atom. The third kappa shape index (κ3) is 1.33. The predicted molar refractivity (Wildman–Crippen MR) is 67.4 cm³/mol. The minimum Gasteiger partial charge on any atom is -0.424 e. The lowest BCUT2D eigenvalue weighted by Crippen LogP contribution is -2.39. The van der Waals surface area contributed by atoms with Crippen LogP contribution in [0.1, 0.15) is 5.89 Å². The molecule has 0 bridgehead atoms. The zero-order valence-electron chi connectivity index (χ0n) is 10.5. The standard InChI is InChI=1S/C11H10N4O4/c1-4-12-6-7(16)5-8(13-9(6)19-4)14(2)11(18)15(3)10(5)17/h1-3H3,(H,13,16). The van der Waals surface area contributed by atoms with Gasteiger partial charge in [-0.25, -0.2) is 9.78 Å². The topological polar surface area (TPSA) is 103 Å². The Bertz CT molecular complexity index is 1000. The number of rotatable bonds is 0. The molecule has 3 heterocycles. The Labute approximate surface area is 104 Å². The SMILES string of the molecule is Cc1nc2c(=O)c3c(=O)n(C)c(=O)n(C)c3[nH]c2o1. The van der Waals surface area contributed by atoms with Gasteiger partial charge in [-0.2, -0.15) is 0 Å². The quantitative estimate of drug-likeness (QED) is 0.581. The van der Waals surface area contributed by atoms with Crippen molar-refractivity contribution in [2.45, 2.75) is 6.92 Å². The summed E-state index contributed by atoms with van der Waals surface area (Å²) >= 11 is 0. The van der Waals surface area contributed by atoms with Crippen molar-refractivity contribution in [3.63, 3.8) is 0 Å². The number of nitrogens with zero attached hydrogens (tertiary/aromatic N) is 3. The van der Waals surface area contributed by atoms with Crippen LogP contribution < -0.4 is 16.7 Å². The van der Waals surface area contributed by atoms with Gasteiger partial charge >= 0.3 is 5.69 Å². The van der Waals surface area contributed by atoms with Crippen molar-refractivity contribution in [1.82, 2.24) is 19.1 Å². The number of hydrogen-bond acceptors (Lipinski definition) is 5. The van der Waals surface area contributed by atoms with E-state index in [4.69, 9.17) is 4.42 Å². The number of nitrogens with one attached hydrogen (secondary N) is 1. The van der Waals surface area contributed by atoms with E-state index in [0.29, 0.717) is 5.89 Å². The number of pyridine rings is 1. The van der Waals surface area contributed by atoms with E-state index < -0.39 is 16.7 Å². The average Bonchev–Trinajstić information content (AvgIpc) is 2.74. The Morgan fingerprint density at radius 3 is 2.53 bits per heavy atom. The van der Waals surface area contributed by atoms with Crippen molar-refractivity contribution in [2.24, 2.45) is 14.1 Å². The monoisotopic (exact) mass is 262 g/mol. The van der Waals surface area contributed by atoms with Crippen molar-refractivity contribution >= 4 is 22.3 Å². The fourth-order valence-corrected chi connectivity index (χ4v) is 2.09. The highest BCUT2D eigenvalue weighted by Crippen LogP contribution is 2.11. The van der Waals surface area contributed by atoms with E-state index >= 15 is 0 Å². The number of aryl methyl sites for hydroxylation is 2. The Morgan fingerprint density at radius 1 is 1.16 bits per heavy atom. The van der Waals surface area contributed by atoms with Gasteiger partial charge < -0.3 is 9.40 Å². The molecule has 98 valence electrons. The highest BCUT2D eigenvalue weighted by Gasteiger charge is 2.17. The second kappa shape index (κ2) is 3.44. The van der Waals surface area contributed by atoms with Crippen LogP contribution in [0.15, 0.2) is 18.8 Å². The smallest absolute Gasteiger partial charge is 0.332 e. The van der Waals surface area contributed by atoms with Crippen molar-refractivity contribution < 1.29 is 4.42 Å². The molecule has 0 saturated carbocycles. The fraction of sp³-hybridized carbons (Fsp3) is 0.273. The van der Waals surface area contributed by atoms with Gasteiger partial charge in [0.1, 0.15) is 11.0 Å². The van der Waals surface area contributed by atoms with Crippen LogP contribution in [-0.2, 0) is 14.1 Å². The summed E-state index contributed by atoms with van der Waals surface area (Å²) in [5.74, 6) is 0.306. The molecule has 3 rings (SSSR count). The molecule has 0 spiro atoms. The minimum absolute atomic E-state index is 0.0562. The molecule has 1 N–H and O–H groups in total. The normalized spacial score (nSPS) is 11.5. The summed E-state index contributed by atoms with van der Waals surface area (Å²) < 4.78 is 7.31. The second-order valence-electron chi connectivity index (χ2n) is 4.29. The largest absolute Gasteiger partial charge is 0.424 e. The van der Waals surface area contributed by atoms with E-state index in [1.165, 1.54) is 18.7 Å². The number of aromatic nitrogens is 4. The molecule has 8 heteroatoms. The summed E-state index contributed by atoms with van der Waals surface area (Å²) in [4.78, 5) is 42.8. The zero-order valence-corrected chi connectivity index (χ0v) is 10.5.